The first-order valence-corrected chi connectivity index (χ1v) is 10.1. The van der Waals surface area contributed by atoms with Crippen LogP contribution < -0.4 is 11.2 Å². The predicted octanol–water partition coefficient (Wildman–Crippen LogP) is -1.04. The number of ether oxygens (including phenoxy) is 1. The van der Waals surface area contributed by atoms with Crippen LogP contribution >= 0.6 is 0 Å². The van der Waals surface area contributed by atoms with Crippen molar-refractivity contribution in [3.8, 4) is 0 Å². The van der Waals surface area contributed by atoms with Gasteiger partial charge in [-0.2, -0.15) is 13.5 Å². The van der Waals surface area contributed by atoms with E-state index in [1.807, 2.05) is 0 Å². The smallest absolute Gasteiger partial charge is 0.418 e. The molecule has 14 heteroatoms. The Hall–Kier alpha value is -2.23. The number of furan rings is 1. The molecule has 1 aromatic heterocycles. The van der Waals surface area contributed by atoms with Crippen LogP contribution in [-0.4, -0.2) is 73.3 Å². The Bertz CT molecular complexity index is 886. The van der Waals surface area contributed by atoms with Crippen molar-refractivity contribution in [1.82, 2.24) is 15.4 Å². The molecule has 4 heterocycles. The van der Waals surface area contributed by atoms with Crippen molar-refractivity contribution in [3.05, 3.63) is 24.2 Å². The highest BCUT2D eigenvalue weighted by Crippen LogP contribution is 2.47. The zero-order valence-electron chi connectivity index (χ0n) is 15.1. The van der Waals surface area contributed by atoms with Gasteiger partial charge in [0.25, 0.3) is 5.91 Å². The summed E-state index contributed by atoms with van der Waals surface area (Å²) in [6.07, 6.45) is 1.68. The lowest BCUT2D eigenvalue weighted by Gasteiger charge is -2.50. The highest BCUT2D eigenvalue weighted by atomic mass is 32.3. The van der Waals surface area contributed by atoms with Gasteiger partial charge in [-0.15, -0.1) is 4.28 Å². The molecule has 2 bridgehead atoms. The number of hydrogen-bond acceptors (Lipinski definition) is 9. The van der Waals surface area contributed by atoms with Crippen LogP contribution in [0.4, 0.5) is 4.79 Å². The Morgan fingerprint density at radius 1 is 1.48 bits per heavy atom. The number of nitrogens with one attached hydrogen (secondary N) is 1. The number of piperidine rings is 1. The number of carbonyl (C=O) groups is 2. The molecule has 1 unspecified atom stereocenters. The molecule has 3 amide bonds. The molecule has 4 N–H and O–H groups in total. The lowest BCUT2D eigenvalue weighted by molar-refractivity contribution is -0.194. The second-order valence-electron chi connectivity index (χ2n) is 7.25. The van der Waals surface area contributed by atoms with Gasteiger partial charge >= 0.3 is 16.4 Å². The van der Waals surface area contributed by atoms with Crippen LogP contribution in [0, 0.1) is 5.41 Å². The summed E-state index contributed by atoms with van der Waals surface area (Å²) in [7, 11) is -4.91. The molecule has 0 saturated carbocycles. The number of nitrogens with two attached hydrogens (primary N) is 1. The molecule has 1 aromatic rings. The molecule has 3 aliphatic rings. The van der Waals surface area contributed by atoms with Crippen LogP contribution in [0.3, 0.4) is 0 Å². The second kappa shape index (κ2) is 7.23. The second-order valence-corrected chi connectivity index (χ2v) is 8.26. The summed E-state index contributed by atoms with van der Waals surface area (Å²) in [6.45, 7) is 0.423. The summed E-state index contributed by atoms with van der Waals surface area (Å²) in [5.41, 5.74) is 7.49. The summed E-state index contributed by atoms with van der Waals surface area (Å²) in [6, 6.07) is 0.291. The normalized spacial score (nSPS) is 26.5. The molecule has 0 radical (unpaired) electrons. The first-order valence-electron chi connectivity index (χ1n) is 8.75. The molecule has 13 nitrogen and oxygen atoms in total. The minimum Gasteiger partial charge on any atom is -0.468 e. The molecule has 4 rings (SSSR count). The average molecular weight is 432 g/mol. The van der Waals surface area contributed by atoms with Gasteiger partial charge in [-0.3, -0.25) is 14.2 Å². The van der Waals surface area contributed by atoms with Gasteiger partial charge in [0.1, 0.15) is 11.8 Å². The number of hydrogen-bond donors (Lipinski definition) is 3. The molecule has 1 spiro atoms. The zero-order chi connectivity index (χ0) is 20.8. The lowest BCUT2D eigenvalue weighted by atomic mass is 9.71. The van der Waals surface area contributed by atoms with Gasteiger partial charge in [0.05, 0.1) is 38.2 Å². The van der Waals surface area contributed by atoms with E-state index in [1.54, 1.807) is 12.1 Å². The van der Waals surface area contributed by atoms with Crippen molar-refractivity contribution in [3.63, 3.8) is 0 Å². The van der Waals surface area contributed by atoms with E-state index in [0.717, 1.165) is 0 Å². The third kappa shape index (κ3) is 3.70. The summed E-state index contributed by atoms with van der Waals surface area (Å²) < 4.78 is 46.1. The van der Waals surface area contributed by atoms with Crippen molar-refractivity contribution in [1.29, 1.82) is 0 Å². The van der Waals surface area contributed by atoms with Crippen molar-refractivity contribution in [2.75, 3.05) is 26.4 Å². The van der Waals surface area contributed by atoms with Gasteiger partial charge in [-0.1, -0.05) is 0 Å². The monoisotopic (exact) mass is 432 g/mol. The van der Waals surface area contributed by atoms with Gasteiger partial charge in [-0.05, 0) is 18.6 Å². The Morgan fingerprint density at radius 2 is 2.24 bits per heavy atom. The van der Waals surface area contributed by atoms with E-state index < -0.39 is 45.9 Å². The van der Waals surface area contributed by atoms with Crippen LogP contribution in [0.5, 0.6) is 0 Å². The molecule has 3 fully saturated rings. The van der Waals surface area contributed by atoms with Gasteiger partial charge in [0.15, 0.2) is 0 Å². The van der Waals surface area contributed by atoms with Gasteiger partial charge in [-0.25, -0.2) is 10.3 Å². The van der Waals surface area contributed by atoms with Crippen molar-refractivity contribution in [2.24, 2.45) is 11.1 Å². The highest BCUT2D eigenvalue weighted by Gasteiger charge is 2.63. The van der Waals surface area contributed by atoms with Gasteiger partial charge in [0, 0.05) is 12.0 Å². The summed E-state index contributed by atoms with van der Waals surface area (Å²) in [4.78, 5) is 31.6. The molecule has 0 aliphatic carbocycles. The predicted molar refractivity (Wildman–Crippen MR) is 91.8 cm³/mol. The van der Waals surface area contributed by atoms with Crippen molar-refractivity contribution >= 4 is 22.3 Å². The van der Waals surface area contributed by atoms with E-state index >= 15 is 0 Å². The number of nitrogens with zero attached hydrogens (tertiary/aromatic N) is 2. The molecule has 3 aliphatic heterocycles. The Balaban J connectivity index is 1.43. The van der Waals surface area contributed by atoms with E-state index in [4.69, 9.17) is 24.3 Å². The maximum absolute atomic E-state index is 12.7. The van der Waals surface area contributed by atoms with E-state index in [0.29, 0.717) is 10.8 Å². The lowest BCUT2D eigenvalue weighted by Crippen LogP contribution is -2.63. The molecular formula is C15H20N4O9S. The fraction of sp³-hybridized carbons (Fsp3) is 0.600. The standard InChI is InChI=1S/C15H20N4O9S/c16-9(11-2-1-3-26-11)6-27-17-13(20)10-4-15(7-25-8-15)12-5-18(10)14(21)19(12)28-29(22,23)24/h1-3,9-10,12H,4-8,16H2,(H,17,20)(H,22,23,24)/t9?,10-,12-/m0/s1. The molecular weight excluding hydrogens is 412 g/mol. The van der Waals surface area contributed by atoms with Crippen molar-refractivity contribution < 1.29 is 40.8 Å². The Labute approximate surface area is 165 Å². The molecule has 29 heavy (non-hydrogen) atoms. The highest BCUT2D eigenvalue weighted by molar-refractivity contribution is 7.80. The molecule has 0 aromatic carbocycles. The number of amides is 3. The number of urea groups is 1. The molecule has 3 atom stereocenters. The SMILES string of the molecule is NC(CONC(=O)[C@@H]1CC2(COC2)[C@@H]2CN1C(=O)N2OS(=O)(=O)O)c1ccco1. The largest absolute Gasteiger partial charge is 0.468 e. The van der Waals surface area contributed by atoms with Crippen molar-refractivity contribution in [2.45, 2.75) is 24.5 Å². The number of rotatable bonds is 7. The van der Waals surface area contributed by atoms with E-state index in [9.17, 15) is 18.0 Å². The first-order chi connectivity index (χ1) is 13.7. The minimum atomic E-state index is -4.91. The van der Waals surface area contributed by atoms with Gasteiger partial charge < -0.3 is 19.8 Å². The third-order valence-electron chi connectivity index (χ3n) is 5.37. The fourth-order valence-electron chi connectivity index (χ4n) is 3.88. The van der Waals surface area contributed by atoms with E-state index in [2.05, 4.69) is 9.76 Å². The third-order valence-corrected chi connectivity index (χ3v) is 5.72. The Kier molecular flexibility index (Phi) is 5.00. The number of fused-ring (bicyclic) bond motifs is 3. The van der Waals surface area contributed by atoms with Crippen LogP contribution in [0.25, 0.3) is 0 Å². The Morgan fingerprint density at radius 3 is 2.83 bits per heavy atom. The van der Waals surface area contributed by atoms with Crippen LogP contribution in [0.15, 0.2) is 22.8 Å². The maximum Gasteiger partial charge on any atom is 0.418 e. The fourth-order valence-corrected chi connectivity index (χ4v) is 4.25. The summed E-state index contributed by atoms with van der Waals surface area (Å²) >= 11 is 0. The summed E-state index contributed by atoms with van der Waals surface area (Å²) in [5.74, 6) is -0.110. The molecule has 160 valence electrons. The minimum absolute atomic E-state index is 0.0434. The van der Waals surface area contributed by atoms with Crippen LogP contribution in [0.2, 0.25) is 0 Å². The zero-order valence-corrected chi connectivity index (χ0v) is 15.9. The number of carbonyl (C=O) groups excluding carboxylic acids is 2. The summed E-state index contributed by atoms with van der Waals surface area (Å²) in [5, 5.41) is 0.596. The topological polar surface area (TPSA) is 174 Å². The number of hydroxylamine groups is 3. The van der Waals surface area contributed by atoms with E-state index in [-0.39, 0.29) is 32.8 Å². The maximum atomic E-state index is 12.7. The van der Waals surface area contributed by atoms with E-state index in [1.165, 1.54) is 11.2 Å². The average Bonchev–Trinajstić information content (AvgIpc) is 3.24. The first kappa shape index (κ1) is 20.1. The molecule has 3 saturated heterocycles. The van der Waals surface area contributed by atoms with Gasteiger partial charge in [0.2, 0.25) is 0 Å². The quantitative estimate of drug-likeness (QED) is 0.356. The van der Waals surface area contributed by atoms with Crippen LogP contribution in [0.1, 0.15) is 18.2 Å². The van der Waals surface area contributed by atoms with Crippen LogP contribution in [-0.2, 0) is 29.1 Å².